The summed E-state index contributed by atoms with van der Waals surface area (Å²) in [6, 6.07) is 7.83. The third kappa shape index (κ3) is 4.03. The Hall–Kier alpha value is -1.92. The van der Waals surface area contributed by atoms with Gasteiger partial charge in [0.05, 0.1) is 37.3 Å². The van der Waals surface area contributed by atoms with E-state index >= 15 is 0 Å². The molecular formula is C15H21N3O3. The molecule has 114 valence electrons. The van der Waals surface area contributed by atoms with Gasteiger partial charge >= 0.3 is 0 Å². The smallest absolute Gasteiger partial charge is 0.229 e. The molecule has 1 heterocycles. The largest absolute Gasteiger partial charge is 0.382 e. The van der Waals surface area contributed by atoms with Crippen LogP contribution in [-0.2, 0) is 20.8 Å². The van der Waals surface area contributed by atoms with Crippen LogP contribution in [0.1, 0.15) is 13.3 Å². The van der Waals surface area contributed by atoms with Gasteiger partial charge in [-0.1, -0.05) is 12.1 Å². The van der Waals surface area contributed by atoms with E-state index < -0.39 is 0 Å². The molecule has 0 unspecified atom stereocenters. The lowest BCUT2D eigenvalue weighted by Gasteiger charge is -2.08. The Kier molecular flexibility index (Phi) is 5.71. The van der Waals surface area contributed by atoms with E-state index in [1.165, 1.54) is 0 Å². The normalized spacial score (nSPS) is 11.0. The summed E-state index contributed by atoms with van der Waals surface area (Å²) < 4.78 is 12.1. The van der Waals surface area contributed by atoms with Crippen molar-refractivity contribution in [1.82, 2.24) is 9.55 Å². The molecule has 1 aromatic heterocycles. The van der Waals surface area contributed by atoms with E-state index in [0.717, 1.165) is 17.6 Å². The number of nitrogens with one attached hydrogen (secondary N) is 1. The number of para-hydroxylation sites is 2. The van der Waals surface area contributed by atoms with Crippen molar-refractivity contribution in [2.24, 2.45) is 0 Å². The van der Waals surface area contributed by atoms with Crippen molar-refractivity contribution < 1.29 is 14.3 Å². The van der Waals surface area contributed by atoms with E-state index in [-0.39, 0.29) is 5.91 Å². The first-order chi connectivity index (χ1) is 10.3. The molecular weight excluding hydrogens is 270 g/mol. The Balaban J connectivity index is 1.94. The van der Waals surface area contributed by atoms with Gasteiger partial charge in [0.1, 0.15) is 0 Å². The fourth-order valence-electron chi connectivity index (χ4n) is 2.09. The van der Waals surface area contributed by atoms with E-state index in [1.807, 2.05) is 35.8 Å². The van der Waals surface area contributed by atoms with Gasteiger partial charge in [0, 0.05) is 13.7 Å². The van der Waals surface area contributed by atoms with Crippen molar-refractivity contribution in [1.29, 1.82) is 0 Å². The van der Waals surface area contributed by atoms with Crippen molar-refractivity contribution in [3.8, 4) is 0 Å². The summed E-state index contributed by atoms with van der Waals surface area (Å²) in [5.41, 5.74) is 1.90. The maximum absolute atomic E-state index is 11.9. The number of amides is 1. The second kappa shape index (κ2) is 7.75. The molecule has 0 atom stereocenters. The number of nitrogens with zero attached hydrogens (tertiary/aromatic N) is 2. The molecule has 0 saturated heterocycles. The summed E-state index contributed by atoms with van der Waals surface area (Å²) in [7, 11) is 1.62. The monoisotopic (exact) mass is 291 g/mol. The zero-order valence-corrected chi connectivity index (χ0v) is 12.5. The highest BCUT2D eigenvalue weighted by atomic mass is 16.5. The third-order valence-electron chi connectivity index (χ3n) is 3.13. The van der Waals surface area contributed by atoms with Crippen LogP contribution in [0.2, 0.25) is 0 Å². The van der Waals surface area contributed by atoms with Gasteiger partial charge in [-0.2, -0.15) is 0 Å². The maximum Gasteiger partial charge on any atom is 0.229 e. The Labute approximate surface area is 124 Å². The number of aryl methyl sites for hydroxylation is 1. The van der Waals surface area contributed by atoms with Crippen LogP contribution >= 0.6 is 0 Å². The van der Waals surface area contributed by atoms with Crippen molar-refractivity contribution >= 4 is 22.9 Å². The minimum absolute atomic E-state index is 0.0996. The van der Waals surface area contributed by atoms with Crippen LogP contribution in [0, 0.1) is 0 Å². The van der Waals surface area contributed by atoms with Gasteiger partial charge in [0.25, 0.3) is 0 Å². The molecule has 1 N–H and O–H groups in total. The average molecular weight is 291 g/mol. The fourth-order valence-corrected chi connectivity index (χ4v) is 2.09. The summed E-state index contributed by atoms with van der Waals surface area (Å²) in [5.74, 6) is 0.484. The molecule has 21 heavy (non-hydrogen) atoms. The molecule has 0 spiro atoms. The second-order valence-corrected chi connectivity index (χ2v) is 4.57. The van der Waals surface area contributed by atoms with Crippen molar-refractivity contribution in [3.63, 3.8) is 0 Å². The Morgan fingerprint density at radius 1 is 1.29 bits per heavy atom. The van der Waals surface area contributed by atoms with Gasteiger partial charge in [-0.05, 0) is 19.1 Å². The second-order valence-electron chi connectivity index (χ2n) is 4.57. The van der Waals surface area contributed by atoms with Crippen LogP contribution in [-0.4, -0.2) is 42.4 Å². The minimum Gasteiger partial charge on any atom is -0.382 e. The van der Waals surface area contributed by atoms with Crippen molar-refractivity contribution in [2.75, 3.05) is 32.2 Å². The molecule has 0 radical (unpaired) electrons. The Bertz CT molecular complexity index is 595. The molecule has 0 aliphatic rings. The zero-order valence-electron chi connectivity index (χ0n) is 12.5. The number of rotatable bonds is 8. The molecule has 0 saturated carbocycles. The van der Waals surface area contributed by atoms with Gasteiger partial charge < -0.3 is 14.0 Å². The molecule has 6 nitrogen and oxygen atoms in total. The van der Waals surface area contributed by atoms with E-state index in [9.17, 15) is 4.79 Å². The fraction of sp³-hybridized carbons (Fsp3) is 0.467. The zero-order chi connectivity index (χ0) is 15.1. The quantitative estimate of drug-likeness (QED) is 0.756. The summed E-state index contributed by atoms with van der Waals surface area (Å²) in [6.07, 6.45) is 0.302. The van der Waals surface area contributed by atoms with Gasteiger partial charge in [0.2, 0.25) is 11.9 Å². The van der Waals surface area contributed by atoms with Crippen molar-refractivity contribution in [2.45, 2.75) is 19.9 Å². The molecule has 2 rings (SSSR count). The number of anilines is 1. The molecule has 1 aromatic carbocycles. The highest BCUT2D eigenvalue weighted by molar-refractivity contribution is 5.91. The Morgan fingerprint density at radius 3 is 2.86 bits per heavy atom. The Morgan fingerprint density at radius 2 is 2.10 bits per heavy atom. The number of ether oxygens (including phenoxy) is 2. The molecule has 6 heteroatoms. The number of methoxy groups -OCH3 is 1. The highest BCUT2D eigenvalue weighted by Gasteiger charge is 2.11. The topological polar surface area (TPSA) is 65.4 Å². The van der Waals surface area contributed by atoms with Crippen LogP contribution in [0.15, 0.2) is 24.3 Å². The average Bonchev–Trinajstić information content (AvgIpc) is 2.84. The summed E-state index contributed by atoms with van der Waals surface area (Å²) in [6.45, 7) is 4.18. The summed E-state index contributed by atoms with van der Waals surface area (Å²) in [4.78, 5) is 16.4. The molecule has 0 fully saturated rings. The minimum atomic E-state index is -0.0996. The molecule has 0 aliphatic heterocycles. The first kappa shape index (κ1) is 15.5. The van der Waals surface area contributed by atoms with Gasteiger partial charge in [-0.25, -0.2) is 4.98 Å². The van der Waals surface area contributed by atoms with Crippen LogP contribution in [0.4, 0.5) is 5.95 Å². The summed E-state index contributed by atoms with van der Waals surface area (Å²) in [5, 5.41) is 2.84. The number of hydrogen-bond acceptors (Lipinski definition) is 4. The van der Waals surface area contributed by atoms with E-state index in [2.05, 4.69) is 10.3 Å². The van der Waals surface area contributed by atoms with Gasteiger partial charge in [-0.15, -0.1) is 0 Å². The first-order valence-corrected chi connectivity index (χ1v) is 7.08. The van der Waals surface area contributed by atoms with E-state index in [4.69, 9.17) is 9.47 Å². The lowest BCUT2D eigenvalue weighted by Crippen LogP contribution is -2.18. The summed E-state index contributed by atoms with van der Waals surface area (Å²) >= 11 is 0. The molecule has 1 amide bonds. The van der Waals surface area contributed by atoms with Crippen LogP contribution in [0.3, 0.4) is 0 Å². The van der Waals surface area contributed by atoms with Crippen LogP contribution in [0.25, 0.3) is 11.0 Å². The van der Waals surface area contributed by atoms with Crippen molar-refractivity contribution in [3.05, 3.63) is 24.3 Å². The SMILES string of the molecule is CCn1c(NC(=O)CCOCCOC)nc2ccccc21. The highest BCUT2D eigenvalue weighted by Crippen LogP contribution is 2.19. The molecule has 0 bridgehead atoms. The number of aromatic nitrogens is 2. The van der Waals surface area contributed by atoms with Crippen LogP contribution < -0.4 is 5.32 Å². The van der Waals surface area contributed by atoms with Crippen LogP contribution in [0.5, 0.6) is 0 Å². The predicted octanol–water partition coefficient (Wildman–Crippen LogP) is 2.05. The third-order valence-corrected chi connectivity index (χ3v) is 3.13. The molecule has 0 aliphatic carbocycles. The lowest BCUT2D eigenvalue weighted by atomic mass is 10.3. The molecule has 2 aromatic rings. The van der Waals surface area contributed by atoms with E-state index in [1.54, 1.807) is 7.11 Å². The number of fused-ring (bicyclic) bond motifs is 1. The van der Waals surface area contributed by atoms with Gasteiger partial charge in [-0.3, -0.25) is 10.1 Å². The first-order valence-electron chi connectivity index (χ1n) is 7.08. The maximum atomic E-state index is 11.9. The predicted molar refractivity (Wildman–Crippen MR) is 81.3 cm³/mol. The van der Waals surface area contributed by atoms with Gasteiger partial charge in [0.15, 0.2) is 0 Å². The number of carbonyl (C=O) groups excluding carboxylic acids is 1. The number of benzene rings is 1. The number of imidazole rings is 1. The standard InChI is InChI=1S/C15H21N3O3/c1-3-18-13-7-5-4-6-12(13)16-15(18)17-14(19)8-9-21-11-10-20-2/h4-7H,3,8-11H2,1-2H3,(H,16,17,19). The number of carbonyl (C=O) groups is 1. The lowest BCUT2D eigenvalue weighted by molar-refractivity contribution is -0.117. The van der Waals surface area contributed by atoms with E-state index in [0.29, 0.717) is 32.2 Å². The number of hydrogen-bond donors (Lipinski definition) is 1.